The van der Waals surface area contributed by atoms with Crippen molar-refractivity contribution >= 4 is 0 Å². The molecule has 78 valence electrons. The molecule has 2 N–H and O–H groups in total. The van der Waals surface area contributed by atoms with Gasteiger partial charge in [-0.2, -0.15) is 5.10 Å². The zero-order chi connectivity index (χ0) is 9.64. The second-order valence-electron chi connectivity index (χ2n) is 4.04. The predicted octanol–water partition coefficient (Wildman–Crippen LogP) is 1.13. The molecule has 0 aromatic carbocycles. The lowest BCUT2D eigenvalue weighted by Gasteiger charge is -2.09. The summed E-state index contributed by atoms with van der Waals surface area (Å²) in [4.78, 5) is 4.08. The van der Waals surface area contributed by atoms with E-state index in [0.29, 0.717) is 0 Å². The molecule has 0 spiro atoms. The average Bonchev–Trinajstić information content (AvgIpc) is 2.86. The van der Waals surface area contributed by atoms with Crippen LogP contribution in [0.3, 0.4) is 0 Å². The van der Waals surface area contributed by atoms with Gasteiger partial charge in [0.15, 0.2) is 0 Å². The molecule has 0 amide bonds. The number of hydrogen-bond donors (Lipinski definition) is 2. The topological polar surface area (TPSA) is 53.6 Å². The number of aromatic nitrogens is 3. The third-order valence-electron chi connectivity index (χ3n) is 2.91. The molecule has 1 aromatic rings. The van der Waals surface area contributed by atoms with E-state index in [0.717, 1.165) is 24.7 Å². The van der Waals surface area contributed by atoms with Gasteiger partial charge in [-0.05, 0) is 25.3 Å². The third-order valence-corrected chi connectivity index (χ3v) is 2.91. The van der Waals surface area contributed by atoms with Crippen molar-refractivity contribution in [3.8, 4) is 0 Å². The maximum Gasteiger partial charge on any atom is 0.137 e. The molecule has 0 bridgehead atoms. The van der Waals surface area contributed by atoms with E-state index < -0.39 is 0 Å². The standard InChI is InChI=1S/C10H18N4/c1-2-4-9(3-1)7-11-6-5-10-12-8-13-14-10/h8-9,11H,1-7H2,(H,12,13,14). The molecule has 0 saturated heterocycles. The average molecular weight is 194 g/mol. The molecule has 1 aliphatic carbocycles. The summed E-state index contributed by atoms with van der Waals surface area (Å²) in [6.07, 6.45) is 8.19. The molecule has 1 aromatic heterocycles. The van der Waals surface area contributed by atoms with Crippen molar-refractivity contribution < 1.29 is 0 Å². The number of nitrogens with one attached hydrogen (secondary N) is 2. The summed E-state index contributed by atoms with van der Waals surface area (Å²) in [7, 11) is 0. The predicted molar refractivity (Wildman–Crippen MR) is 54.9 cm³/mol. The SMILES string of the molecule is c1n[nH]c(CCNCC2CCCC2)n1. The first-order valence-electron chi connectivity index (χ1n) is 5.50. The van der Waals surface area contributed by atoms with Crippen molar-refractivity contribution in [2.75, 3.05) is 13.1 Å². The minimum absolute atomic E-state index is 0.921. The normalized spacial score (nSPS) is 17.7. The summed E-state index contributed by atoms with van der Waals surface area (Å²) < 4.78 is 0. The van der Waals surface area contributed by atoms with Crippen molar-refractivity contribution in [2.45, 2.75) is 32.1 Å². The van der Waals surface area contributed by atoms with E-state index in [1.54, 1.807) is 6.33 Å². The highest BCUT2D eigenvalue weighted by atomic mass is 15.2. The fourth-order valence-corrected chi connectivity index (χ4v) is 2.08. The quantitative estimate of drug-likeness (QED) is 0.691. The monoisotopic (exact) mass is 194 g/mol. The second kappa shape index (κ2) is 5.10. The van der Waals surface area contributed by atoms with Crippen LogP contribution in [0.2, 0.25) is 0 Å². The van der Waals surface area contributed by atoms with Gasteiger partial charge in [-0.3, -0.25) is 5.10 Å². The highest BCUT2D eigenvalue weighted by Gasteiger charge is 2.13. The van der Waals surface area contributed by atoms with Crippen molar-refractivity contribution in [1.29, 1.82) is 0 Å². The van der Waals surface area contributed by atoms with E-state index in [4.69, 9.17) is 0 Å². The van der Waals surface area contributed by atoms with Crippen LogP contribution in [0.5, 0.6) is 0 Å². The summed E-state index contributed by atoms with van der Waals surface area (Å²) in [5.41, 5.74) is 0. The van der Waals surface area contributed by atoms with Gasteiger partial charge < -0.3 is 5.32 Å². The number of H-pyrrole nitrogens is 1. The fraction of sp³-hybridized carbons (Fsp3) is 0.800. The van der Waals surface area contributed by atoms with E-state index >= 15 is 0 Å². The Balaban J connectivity index is 1.55. The van der Waals surface area contributed by atoms with Gasteiger partial charge in [0.2, 0.25) is 0 Å². The molecule has 4 nitrogen and oxygen atoms in total. The van der Waals surface area contributed by atoms with Gasteiger partial charge >= 0.3 is 0 Å². The number of rotatable bonds is 5. The van der Waals surface area contributed by atoms with Crippen molar-refractivity contribution in [1.82, 2.24) is 20.5 Å². The largest absolute Gasteiger partial charge is 0.316 e. The second-order valence-corrected chi connectivity index (χ2v) is 4.04. The molecule has 1 fully saturated rings. The number of nitrogens with zero attached hydrogens (tertiary/aromatic N) is 2. The van der Waals surface area contributed by atoms with Gasteiger partial charge in [-0.15, -0.1) is 0 Å². The van der Waals surface area contributed by atoms with Crippen LogP contribution in [0.15, 0.2) is 6.33 Å². The summed E-state index contributed by atoms with van der Waals surface area (Å²) in [6, 6.07) is 0. The van der Waals surface area contributed by atoms with Gasteiger partial charge in [0.25, 0.3) is 0 Å². The molecule has 0 atom stereocenters. The fourth-order valence-electron chi connectivity index (χ4n) is 2.08. The third kappa shape index (κ3) is 2.80. The molecule has 4 heteroatoms. The highest BCUT2D eigenvalue weighted by Crippen LogP contribution is 2.23. The molecule has 1 saturated carbocycles. The van der Waals surface area contributed by atoms with Crippen LogP contribution >= 0.6 is 0 Å². The first-order valence-corrected chi connectivity index (χ1v) is 5.50. The van der Waals surface area contributed by atoms with Crippen LogP contribution < -0.4 is 5.32 Å². The smallest absolute Gasteiger partial charge is 0.137 e. The first-order chi connectivity index (χ1) is 6.95. The molecule has 1 heterocycles. The maximum atomic E-state index is 4.08. The Morgan fingerprint density at radius 2 is 2.29 bits per heavy atom. The Morgan fingerprint density at radius 1 is 1.43 bits per heavy atom. The van der Waals surface area contributed by atoms with Crippen LogP contribution in [-0.4, -0.2) is 28.3 Å². The van der Waals surface area contributed by atoms with E-state index in [2.05, 4.69) is 20.5 Å². The van der Waals surface area contributed by atoms with Crippen LogP contribution in [0.4, 0.5) is 0 Å². The van der Waals surface area contributed by atoms with Crippen LogP contribution in [0.25, 0.3) is 0 Å². The maximum absolute atomic E-state index is 4.08. The zero-order valence-electron chi connectivity index (χ0n) is 8.50. The minimum Gasteiger partial charge on any atom is -0.316 e. The molecule has 0 radical (unpaired) electrons. The molecule has 0 unspecified atom stereocenters. The lowest BCUT2D eigenvalue weighted by molar-refractivity contribution is 0.490. The van der Waals surface area contributed by atoms with Crippen LogP contribution in [0.1, 0.15) is 31.5 Å². The van der Waals surface area contributed by atoms with E-state index in [-0.39, 0.29) is 0 Å². The van der Waals surface area contributed by atoms with Gasteiger partial charge in [0, 0.05) is 13.0 Å². The summed E-state index contributed by atoms with van der Waals surface area (Å²) >= 11 is 0. The highest BCUT2D eigenvalue weighted by molar-refractivity contribution is 4.80. The Hall–Kier alpha value is -0.900. The van der Waals surface area contributed by atoms with E-state index in [9.17, 15) is 0 Å². The number of aromatic amines is 1. The molecule has 14 heavy (non-hydrogen) atoms. The van der Waals surface area contributed by atoms with Crippen molar-refractivity contribution in [3.63, 3.8) is 0 Å². The molecule has 1 aliphatic rings. The Kier molecular flexibility index (Phi) is 3.51. The first kappa shape index (κ1) is 9.65. The molecular weight excluding hydrogens is 176 g/mol. The Labute approximate surface area is 84.5 Å². The zero-order valence-corrected chi connectivity index (χ0v) is 8.50. The lowest BCUT2D eigenvalue weighted by atomic mass is 10.1. The van der Waals surface area contributed by atoms with Gasteiger partial charge in [0.05, 0.1) is 0 Å². The Morgan fingerprint density at radius 3 is 3.00 bits per heavy atom. The van der Waals surface area contributed by atoms with E-state index in [1.165, 1.54) is 32.2 Å². The van der Waals surface area contributed by atoms with Gasteiger partial charge in [0.1, 0.15) is 12.2 Å². The summed E-state index contributed by atoms with van der Waals surface area (Å²) in [5, 5.41) is 10.2. The molecular formula is C10H18N4. The summed E-state index contributed by atoms with van der Waals surface area (Å²) in [6.45, 7) is 2.18. The van der Waals surface area contributed by atoms with Crippen LogP contribution in [-0.2, 0) is 6.42 Å². The summed E-state index contributed by atoms with van der Waals surface area (Å²) in [5.74, 6) is 1.90. The van der Waals surface area contributed by atoms with Crippen molar-refractivity contribution in [2.24, 2.45) is 5.92 Å². The lowest BCUT2D eigenvalue weighted by Crippen LogP contribution is -2.23. The van der Waals surface area contributed by atoms with Gasteiger partial charge in [-0.1, -0.05) is 12.8 Å². The Bertz CT molecular complexity index is 239. The van der Waals surface area contributed by atoms with Gasteiger partial charge in [-0.25, -0.2) is 4.98 Å². The van der Waals surface area contributed by atoms with Crippen molar-refractivity contribution in [3.05, 3.63) is 12.2 Å². The molecule has 2 rings (SSSR count). The molecule has 0 aliphatic heterocycles. The van der Waals surface area contributed by atoms with Crippen LogP contribution in [0, 0.1) is 5.92 Å². The minimum atomic E-state index is 0.921. The van der Waals surface area contributed by atoms with E-state index in [1.807, 2.05) is 0 Å². The number of hydrogen-bond acceptors (Lipinski definition) is 3.